The molecule has 0 aliphatic rings. The first-order valence-electron chi connectivity index (χ1n) is 6.04. The van der Waals surface area contributed by atoms with Crippen LogP contribution in [0.4, 0.5) is 4.39 Å². The molecule has 3 nitrogen and oxygen atoms in total. The van der Waals surface area contributed by atoms with E-state index in [4.69, 9.17) is 0 Å². The van der Waals surface area contributed by atoms with E-state index in [0.717, 1.165) is 5.56 Å². The Morgan fingerprint density at radius 3 is 2.63 bits per heavy atom. The Balaban J connectivity index is 2.13. The molecule has 1 aromatic heterocycles. The molecular weight excluding hydrogens is 263 g/mol. The maximum atomic E-state index is 12.8. The van der Waals surface area contributed by atoms with Gasteiger partial charge >= 0.3 is 0 Å². The standard InChI is InChI=1S/C14H15FN2OS/c1-3-11-8-17(2)14(16-13(11)18)19-9-10-4-6-12(15)7-5-10/h4-8H,3,9H2,1-2H3. The zero-order valence-corrected chi connectivity index (χ0v) is 11.7. The number of aryl methyl sites for hydroxylation is 2. The van der Waals surface area contributed by atoms with Crippen LogP contribution in [0.5, 0.6) is 0 Å². The Hall–Kier alpha value is -1.62. The van der Waals surface area contributed by atoms with Crippen LogP contribution < -0.4 is 5.56 Å². The van der Waals surface area contributed by atoms with E-state index < -0.39 is 0 Å². The van der Waals surface area contributed by atoms with Crippen LogP contribution in [0.25, 0.3) is 0 Å². The largest absolute Gasteiger partial charge is 0.330 e. The average molecular weight is 278 g/mol. The molecule has 0 radical (unpaired) electrons. The Labute approximate surface area is 115 Å². The van der Waals surface area contributed by atoms with Crippen molar-refractivity contribution < 1.29 is 4.39 Å². The van der Waals surface area contributed by atoms with E-state index in [1.807, 2.05) is 24.7 Å². The molecule has 0 fully saturated rings. The minimum atomic E-state index is -0.244. The topological polar surface area (TPSA) is 34.9 Å². The molecule has 1 aromatic carbocycles. The van der Waals surface area contributed by atoms with E-state index >= 15 is 0 Å². The Morgan fingerprint density at radius 1 is 1.32 bits per heavy atom. The number of benzene rings is 1. The number of aromatic nitrogens is 2. The van der Waals surface area contributed by atoms with Gasteiger partial charge in [-0.3, -0.25) is 4.79 Å². The van der Waals surface area contributed by atoms with E-state index in [1.54, 1.807) is 12.1 Å². The summed E-state index contributed by atoms with van der Waals surface area (Å²) in [6, 6.07) is 6.34. The van der Waals surface area contributed by atoms with Crippen LogP contribution in [-0.2, 0) is 19.2 Å². The molecule has 5 heteroatoms. The molecular formula is C14H15FN2OS. The zero-order valence-electron chi connectivity index (χ0n) is 10.9. The maximum Gasteiger partial charge on any atom is 0.276 e. The normalized spacial score (nSPS) is 10.7. The molecule has 0 bridgehead atoms. The van der Waals surface area contributed by atoms with E-state index in [2.05, 4.69) is 4.98 Å². The van der Waals surface area contributed by atoms with Crippen molar-refractivity contribution in [2.45, 2.75) is 24.3 Å². The van der Waals surface area contributed by atoms with Gasteiger partial charge in [-0.25, -0.2) is 4.39 Å². The van der Waals surface area contributed by atoms with Gasteiger partial charge in [-0.1, -0.05) is 30.8 Å². The minimum absolute atomic E-state index is 0.165. The SMILES string of the molecule is CCc1cn(C)c(SCc2ccc(F)cc2)nc1=O. The fourth-order valence-electron chi connectivity index (χ4n) is 1.69. The first-order chi connectivity index (χ1) is 9.10. The van der Waals surface area contributed by atoms with Crippen molar-refractivity contribution in [3.63, 3.8) is 0 Å². The highest BCUT2D eigenvalue weighted by atomic mass is 32.2. The third-order valence-electron chi connectivity index (χ3n) is 2.79. The van der Waals surface area contributed by atoms with Gasteiger partial charge in [0.1, 0.15) is 5.82 Å². The van der Waals surface area contributed by atoms with Crippen molar-refractivity contribution in [2.75, 3.05) is 0 Å². The highest BCUT2D eigenvalue weighted by Crippen LogP contribution is 2.19. The van der Waals surface area contributed by atoms with Gasteiger partial charge in [0, 0.05) is 24.6 Å². The molecule has 0 saturated heterocycles. The summed E-state index contributed by atoms with van der Waals surface area (Å²) in [5, 5.41) is 0.673. The monoisotopic (exact) mass is 278 g/mol. The summed E-state index contributed by atoms with van der Waals surface area (Å²) in [6.07, 6.45) is 2.50. The molecule has 0 aliphatic heterocycles. The average Bonchev–Trinajstić information content (AvgIpc) is 2.41. The fourth-order valence-corrected chi connectivity index (χ4v) is 2.58. The number of hydrogen-bond donors (Lipinski definition) is 0. The Bertz CT molecular complexity index is 622. The molecule has 0 saturated carbocycles. The lowest BCUT2D eigenvalue weighted by molar-refractivity contribution is 0.627. The first-order valence-corrected chi connectivity index (χ1v) is 7.02. The second-order valence-corrected chi connectivity index (χ2v) is 5.18. The summed E-state index contributed by atoms with van der Waals surface area (Å²) in [4.78, 5) is 15.8. The van der Waals surface area contributed by atoms with Crippen molar-refractivity contribution in [3.05, 3.63) is 57.8 Å². The van der Waals surface area contributed by atoms with Crippen molar-refractivity contribution in [3.8, 4) is 0 Å². The van der Waals surface area contributed by atoms with Crippen LogP contribution in [0, 0.1) is 5.82 Å². The number of thioether (sulfide) groups is 1. The second-order valence-electron chi connectivity index (χ2n) is 4.23. The minimum Gasteiger partial charge on any atom is -0.330 e. The highest BCUT2D eigenvalue weighted by molar-refractivity contribution is 7.98. The summed E-state index contributed by atoms with van der Waals surface area (Å²) in [7, 11) is 1.87. The molecule has 0 spiro atoms. The van der Waals surface area contributed by atoms with Crippen molar-refractivity contribution >= 4 is 11.8 Å². The molecule has 0 aliphatic carbocycles. The molecule has 0 atom stereocenters. The third-order valence-corrected chi connectivity index (χ3v) is 3.90. The van der Waals surface area contributed by atoms with Gasteiger partial charge in [-0.15, -0.1) is 0 Å². The third kappa shape index (κ3) is 3.44. The summed E-state index contributed by atoms with van der Waals surface area (Å²) >= 11 is 1.47. The van der Waals surface area contributed by atoms with Gasteiger partial charge in [0.05, 0.1) is 0 Å². The van der Waals surface area contributed by atoms with Gasteiger partial charge in [-0.05, 0) is 24.1 Å². The predicted octanol–water partition coefficient (Wildman–Crippen LogP) is 2.77. The molecule has 0 amide bonds. The number of rotatable bonds is 4. The summed E-state index contributed by atoms with van der Waals surface area (Å²) in [5.74, 6) is 0.415. The van der Waals surface area contributed by atoms with Crippen molar-refractivity contribution in [1.29, 1.82) is 0 Å². The van der Waals surface area contributed by atoms with Crippen LogP contribution in [0.15, 0.2) is 40.4 Å². The second kappa shape index (κ2) is 6.02. The Morgan fingerprint density at radius 2 is 2.00 bits per heavy atom. The lowest BCUT2D eigenvalue weighted by atomic mass is 10.2. The van der Waals surface area contributed by atoms with Crippen LogP contribution in [0.1, 0.15) is 18.1 Å². The van der Waals surface area contributed by atoms with Crippen LogP contribution in [-0.4, -0.2) is 9.55 Å². The van der Waals surface area contributed by atoms with Gasteiger partial charge < -0.3 is 4.57 Å². The van der Waals surface area contributed by atoms with E-state index in [-0.39, 0.29) is 11.4 Å². The molecule has 0 unspecified atom stereocenters. The Kier molecular flexibility index (Phi) is 4.37. The molecule has 2 aromatic rings. The van der Waals surface area contributed by atoms with E-state index in [1.165, 1.54) is 23.9 Å². The van der Waals surface area contributed by atoms with Gasteiger partial charge in [0.2, 0.25) is 0 Å². The van der Waals surface area contributed by atoms with Gasteiger partial charge in [0.25, 0.3) is 5.56 Å². The summed E-state index contributed by atoms with van der Waals surface area (Å²) in [5.41, 5.74) is 1.55. The molecule has 1 heterocycles. The van der Waals surface area contributed by atoms with Crippen LogP contribution in [0.3, 0.4) is 0 Å². The quantitative estimate of drug-likeness (QED) is 0.637. The fraction of sp³-hybridized carbons (Fsp3) is 0.286. The molecule has 2 rings (SSSR count). The van der Waals surface area contributed by atoms with Crippen LogP contribution in [0.2, 0.25) is 0 Å². The molecule has 100 valence electrons. The molecule has 19 heavy (non-hydrogen) atoms. The lowest BCUT2D eigenvalue weighted by Gasteiger charge is -2.08. The van der Waals surface area contributed by atoms with Gasteiger partial charge in [-0.2, -0.15) is 4.98 Å². The summed E-state index contributed by atoms with van der Waals surface area (Å²) < 4.78 is 14.6. The highest BCUT2D eigenvalue weighted by Gasteiger charge is 2.06. The zero-order chi connectivity index (χ0) is 13.8. The smallest absolute Gasteiger partial charge is 0.276 e. The van der Waals surface area contributed by atoms with Crippen molar-refractivity contribution in [1.82, 2.24) is 9.55 Å². The van der Waals surface area contributed by atoms with Crippen molar-refractivity contribution in [2.24, 2.45) is 7.05 Å². The lowest BCUT2D eigenvalue weighted by Crippen LogP contribution is -2.17. The predicted molar refractivity (Wildman–Crippen MR) is 74.8 cm³/mol. The maximum absolute atomic E-state index is 12.8. The number of hydrogen-bond acceptors (Lipinski definition) is 3. The number of halogens is 1. The van der Waals surface area contributed by atoms with Crippen LogP contribution >= 0.6 is 11.8 Å². The first kappa shape index (κ1) is 13.8. The van der Waals surface area contributed by atoms with Gasteiger partial charge in [0.15, 0.2) is 5.16 Å². The number of nitrogens with zero attached hydrogens (tertiary/aromatic N) is 2. The van der Waals surface area contributed by atoms with E-state index in [9.17, 15) is 9.18 Å². The molecule has 0 N–H and O–H groups in total. The van der Waals surface area contributed by atoms with E-state index in [0.29, 0.717) is 22.9 Å². The summed E-state index contributed by atoms with van der Waals surface area (Å²) in [6.45, 7) is 1.93.